The summed E-state index contributed by atoms with van der Waals surface area (Å²) in [5.41, 5.74) is 5.75. The summed E-state index contributed by atoms with van der Waals surface area (Å²) in [6.07, 6.45) is 1.68. The number of pyridine rings is 1. The lowest BCUT2D eigenvalue weighted by atomic mass is 10.0. The fourth-order valence-corrected chi connectivity index (χ4v) is 5.29. The molecule has 7 rings (SSSR count). The number of benzene rings is 3. The molecule has 0 radical (unpaired) electrons. The zero-order chi connectivity index (χ0) is 16.8. The van der Waals surface area contributed by atoms with Crippen molar-refractivity contribution in [3.8, 4) is 0 Å². The Morgan fingerprint density at radius 1 is 0.731 bits per heavy atom. The maximum absolute atomic E-state index is 4.70. The SMILES string of the molecule is c1ccc2c(c1)c1ccc3ncnc4c5ccc6sccc6c5n2c1c34. The molecule has 0 N–H and O–H groups in total. The molecular weight excluding hydrogens is 338 g/mol. The summed E-state index contributed by atoms with van der Waals surface area (Å²) in [6, 6.07) is 19.6. The molecule has 0 bridgehead atoms. The molecule has 7 aromatic rings. The van der Waals surface area contributed by atoms with Crippen molar-refractivity contribution in [2.45, 2.75) is 0 Å². The molecule has 120 valence electrons. The van der Waals surface area contributed by atoms with Crippen LogP contribution in [-0.4, -0.2) is 14.4 Å². The minimum atomic E-state index is 1.00. The van der Waals surface area contributed by atoms with Crippen molar-refractivity contribution >= 4 is 70.6 Å². The van der Waals surface area contributed by atoms with E-state index >= 15 is 0 Å². The molecule has 3 aromatic carbocycles. The lowest BCUT2D eigenvalue weighted by Crippen LogP contribution is -1.95. The van der Waals surface area contributed by atoms with E-state index in [2.05, 4.69) is 69.4 Å². The van der Waals surface area contributed by atoms with Crippen LogP contribution in [-0.2, 0) is 0 Å². The fraction of sp³-hybridized carbons (Fsp3) is 0. The first kappa shape index (κ1) is 13.0. The van der Waals surface area contributed by atoms with Gasteiger partial charge in [0.15, 0.2) is 0 Å². The Balaban J connectivity index is 2.04. The van der Waals surface area contributed by atoms with Crippen LogP contribution in [0.2, 0.25) is 0 Å². The highest BCUT2D eigenvalue weighted by atomic mass is 32.1. The molecule has 0 spiro atoms. The monoisotopic (exact) mass is 349 g/mol. The van der Waals surface area contributed by atoms with E-state index in [9.17, 15) is 0 Å². The lowest BCUT2D eigenvalue weighted by molar-refractivity contribution is 1.26. The van der Waals surface area contributed by atoms with Gasteiger partial charge in [-0.1, -0.05) is 18.2 Å². The molecule has 0 amide bonds. The van der Waals surface area contributed by atoms with E-state index in [1.807, 2.05) is 0 Å². The third-order valence-corrected chi connectivity index (χ3v) is 6.40. The van der Waals surface area contributed by atoms with Crippen LogP contribution in [0.1, 0.15) is 0 Å². The van der Waals surface area contributed by atoms with Gasteiger partial charge >= 0.3 is 0 Å². The van der Waals surface area contributed by atoms with E-state index < -0.39 is 0 Å². The van der Waals surface area contributed by atoms with Crippen LogP contribution in [0.4, 0.5) is 0 Å². The van der Waals surface area contributed by atoms with Crippen LogP contribution in [0.5, 0.6) is 0 Å². The highest BCUT2D eigenvalue weighted by molar-refractivity contribution is 7.17. The van der Waals surface area contributed by atoms with Gasteiger partial charge in [-0.2, -0.15) is 0 Å². The second kappa shape index (κ2) is 4.29. The number of rotatable bonds is 0. The van der Waals surface area contributed by atoms with Crippen molar-refractivity contribution < 1.29 is 0 Å². The predicted molar refractivity (Wildman–Crippen MR) is 110 cm³/mol. The maximum atomic E-state index is 4.70. The van der Waals surface area contributed by atoms with E-state index in [0.717, 1.165) is 16.4 Å². The number of hydrogen-bond acceptors (Lipinski definition) is 3. The molecule has 0 aliphatic heterocycles. The Bertz CT molecular complexity index is 1640. The number of hydrogen-bond donors (Lipinski definition) is 0. The highest BCUT2D eigenvalue weighted by Crippen LogP contribution is 2.42. The van der Waals surface area contributed by atoms with Gasteiger partial charge in [-0.15, -0.1) is 11.3 Å². The largest absolute Gasteiger partial charge is 0.307 e. The Kier molecular flexibility index (Phi) is 2.15. The molecule has 0 unspecified atom stereocenters. The molecule has 0 saturated carbocycles. The van der Waals surface area contributed by atoms with Gasteiger partial charge in [0.25, 0.3) is 0 Å². The zero-order valence-electron chi connectivity index (χ0n) is 13.6. The van der Waals surface area contributed by atoms with Crippen molar-refractivity contribution in [3.05, 3.63) is 66.3 Å². The molecule has 0 atom stereocenters. The minimum Gasteiger partial charge on any atom is -0.307 e. The molecule has 0 fully saturated rings. The van der Waals surface area contributed by atoms with Gasteiger partial charge in [0.2, 0.25) is 0 Å². The van der Waals surface area contributed by atoms with Gasteiger partial charge in [-0.3, -0.25) is 0 Å². The Hall–Kier alpha value is -3.24. The molecule has 4 aromatic heterocycles. The summed E-state index contributed by atoms with van der Waals surface area (Å²) in [7, 11) is 0. The second-order valence-corrected chi connectivity index (χ2v) is 7.67. The summed E-state index contributed by atoms with van der Waals surface area (Å²) >= 11 is 1.79. The highest BCUT2D eigenvalue weighted by Gasteiger charge is 2.20. The number of aromatic nitrogens is 3. The quantitative estimate of drug-likeness (QED) is 0.248. The molecule has 0 saturated heterocycles. The van der Waals surface area contributed by atoms with Gasteiger partial charge in [0.05, 0.1) is 33.0 Å². The summed E-state index contributed by atoms with van der Waals surface area (Å²) in [6.45, 7) is 0. The third-order valence-electron chi connectivity index (χ3n) is 5.52. The number of para-hydroxylation sites is 1. The zero-order valence-corrected chi connectivity index (χ0v) is 14.4. The van der Waals surface area contributed by atoms with Crippen LogP contribution >= 0.6 is 11.3 Å². The van der Waals surface area contributed by atoms with Crippen LogP contribution in [0.3, 0.4) is 0 Å². The van der Waals surface area contributed by atoms with Crippen LogP contribution in [0.15, 0.2) is 66.3 Å². The predicted octanol–water partition coefficient (Wildman–Crippen LogP) is 5.99. The first-order chi connectivity index (χ1) is 12.9. The smallest absolute Gasteiger partial charge is 0.116 e. The topological polar surface area (TPSA) is 30.2 Å². The van der Waals surface area contributed by atoms with Crippen molar-refractivity contribution in [2.75, 3.05) is 0 Å². The maximum Gasteiger partial charge on any atom is 0.116 e. The summed E-state index contributed by atoms with van der Waals surface area (Å²) < 4.78 is 3.73. The van der Waals surface area contributed by atoms with Crippen LogP contribution in [0, 0.1) is 0 Å². The molecule has 26 heavy (non-hydrogen) atoms. The number of nitrogens with zero attached hydrogens (tertiary/aromatic N) is 3. The molecule has 0 aliphatic rings. The normalized spacial score (nSPS) is 12.6. The van der Waals surface area contributed by atoms with E-state index in [4.69, 9.17) is 4.98 Å². The minimum absolute atomic E-state index is 1.00. The first-order valence-electron chi connectivity index (χ1n) is 8.59. The summed E-state index contributed by atoms with van der Waals surface area (Å²) in [5, 5.41) is 8.34. The summed E-state index contributed by atoms with van der Waals surface area (Å²) in [4.78, 5) is 9.24. The van der Waals surface area contributed by atoms with E-state index in [1.54, 1.807) is 17.7 Å². The molecule has 3 nitrogen and oxygen atoms in total. The second-order valence-electron chi connectivity index (χ2n) is 6.72. The Morgan fingerprint density at radius 3 is 2.65 bits per heavy atom. The average molecular weight is 349 g/mol. The Morgan fingerprint density at radius 2 is 1.65 bits per heavy atom. The molecule has 4 heterocycles. The van der Waals surface area contributed by atoms with E-state index in [1.165, 1.54) is 42.8 Å². The van der Waals surface area contributed by atoms with Gasteiger partial charge in [0.1, 0.15) is 6.33 Å². The molecule has 0 aliphatic carbocycles. The van der Waals surface area contributed by atoms with Crippen molar-refractivity contribution in [2.24, 2.45) is 0 Å². The van der Waals surface area contributed by atoms with E-state index in [0.29, 0.717) is 0 Å². The molecule has 4 heteroatoms. The number of fused-ring (bicyclic) bond motifs is 8. The fourth-order valence-electron chi connectivity index (χ4n) is 4.50. The van der Waals surface area contributed by atoms with Gasteiger partial charge in [0, 0.05) is 26.2 Å². The average Bonchev–Trinajstić information content (AvgIpc) is 3.30. The van der Waals surface area contributed by atoms with Gasteiger partial charge in [-0.25, -0.2) is 9.97 Å². The third kappa shape index (κ3) is 1.34. The molecular formula is C22H11N3S. The van der Waals surface area contributed by atoms with Crippen molar-refractivity contribution in [1.29, 1.82) is 0 Å². The van der Waals surface area contributed by atoms with Gasteiger partial charge < -0.3 is 4.40 Å². The van der Waals surface area contributed by atoms with Gasteiger partial charge in [-0.05, 0) is 41.8 Å². The standard InChI is InChI=1S/C22H11N3S/c1-2-4-17-12(3-1)13-5-7-16-19-20(24-11-23-16)15-6-8-18-14(9-10-26-18)21(15)25(17)22(13)19/h1-11H. The van der Waals surface area contributed by atoms with Crippen LogP contribution < -0.4 is 0 Å². The van der Waals surface area contributed by atoms with Crippen LogP contribution in [0.25, 0.3) is 59.2 Å². The summed E-state index contributed by atoms with van der Waals surface area (Å²) in [5.74, 6) is 0. The number of thiophene rings is 1. The first-order valence-corrected chi connectivity index (χ1v) is 9.47. The van der Waals surface area contributed by atoms with Crippen molar-refractivity contribution in [1.82, 2.24) is 14.4 Å². The van der Waals surface area contributed by atoms with E-state index in [-0.39, 0.29) is 0 Å². The Labute approximate surface area is 151 Å². The van der Waals surface area contributed by atoms with Crippen molar-refractivity contribution in [3.63, 3.8) is 0 Å². The lowest BCUT2D eigenvalue weighted by Gasteiger charge is -2.12.